The van der Waals surface area contributed by atoms with Crippen LogP contribution < -0.4 is 10.4 Å². The summed E-state index contributed by atoms with van der Waals surface area (Å²) in [5.74, 6) is 0. The Morgan fingerprint density at radius 3 is 1.64 bits per heavy atom. The molecule has 2 aliphatic rings. The zero-order valence-electron chi connectivity index (χ0n) is 39.9. The van der Waals surface area contributed by atoms with E-state index in [2.05, 4.69) is 208 Å². The average Bonchev–Trinajstić information content (AvgIpc) is 3.51. The summed E-state index contributed by atoms with van der Waals surface area (Å²) < 4.78 is 2.67. The van der Waals surface area contributed by atoms with Crippen molar-refractivity contribution in [1.29, 1.82) is 0 Å². The first kappa shape index (κ1) is 41.5. The molecule has 8 rings (SSSR count). The van der Waals surface area contributed by atoms with Crippen LogP contribution in [0.15, 0.2) is 72.8 Å². The smallest absolute Gasteiger partial charge is 0.142 e. The summed E-state index contributed by atoms with van der Waals surface area (Å²) in [7, 11) is 2.30. The molecule has 1 heterocycles. The molecule has 0 spiro atoms. The second kappa shape index (κ2) is 13.1. The van der Waals surface area contributed by atoms with Crippen LogP contribution in [-0.2, 0) is 32.5 Å². The molecule has 2 nitrogen and oxygen atoms in total. The van der Waals surface area contributed by atoms with Crippen molar-refractivity contribution < 1.29 is 0 Å². The van der Waals surface area contributed by atoms with Gasteiger partial charge in [0.05, 0.1) is 16.7 Å². The van der Waals surface area contributed by atoms with Crippen molar-refractivity contribution in [3.8, 4) is 5.69 Å². The molecule has 0 bridgehead atoms. The van der Waals surface area contributed by atoms with Gasteiger partial charge in [-0.2, -0.15) is 0 Å². The number of aromatic nitrogens is 1. The molecular formula is C56H71BN2. The lowest BCUT2D eigenvalue weighted by molar-refractivity contribution is 0.332. The van der Waals surface area contributed by atoms with Gasteiger partial charge >= 0.3 is 0 Å². The van der Waals surface area contributed by atoms with Crippen molar-refractivity contribution in [1.82, 2.24) is 4.57 Å². The molecule has 5 aromatic carbocycles. The normalized spacial score (nSPS) is 18.0. The number of hydrogen-bond donors (Lipinski definition) is 0. The zero-order chi connectivity index (χ0) is 43.2. The number of hydrogen-bond acceptors (Lipinski definition) is 1. The number of anilines is 3. The maximum Gasteiger partial charge on any atom is 0.142 e. The van der Waals surface area contributed by atoms with Gasteiger partial charge in [0, 0.05) is 27.8 Å². The van der Waals surface area contributed by atoms with Gasteiger partial charge in [0.15, 0.2) is 0 Å². The SMILES string of the molecule is Bc1ccc(C(C)(C)C)cc1N(c1cc(C(C)(C)C)ccc1C)c1cc(C)cc2c1c1cc3c(cc1n2-c1cc2c(cc1C)C(C)(C)CC2(C)C)C(C)(C)CCC3(C)C. The minimum Gasteiger partial charge on any atom is -0.310 e. The van der Waals surface area contributed by atoms with Crippen molar-refractivity contribution in [2.75, 3.05) is 4.90 Å². The summed E-state index contributed by atoms with van der Waals surface area (Å²) >= 11 is 0. The van der Waals surface area contributed by atoms with Crippen LogP contribution in [0.4, 0.5) is 17.1 Å². The summed E-state index contributed by atoms with van der Waals surface area (Å²) in [6.45, 7) is 40.6. The Kier molecular flexibility index (Phi) is 9.24. The molecule has 0 saturated carbocycles. The molecule has 0 saturated heterocycles. The van der Waals surface area contributed by atoms with Crippen LogP contribution in [-0.4, -0.2) is 12.4 Å². The quantitative estimate of drug-likeness (QED) is 0.162. The van der Waals surface area contributed by atoms with E-state index in [1.807, 2.05) is 0 Å². The molecule has 0 aliphatic heterocycles. The van der Waals surface area contributed by atoms with Crippen molar-refractivity contribution in [3.63, 3.8) is 0 Å². The summed E-state index contributed by atoms with van der Waals surface area (Å²) in [6.07, 6.45) is 3.52. The topological polar surface area (TPSA) is 8.17 Å². The van der Waals surface area contributed by atoms with Crippen LogP contribution in [0.3, 0.4) is 0 Å². The van der Waals surface area contributed by atoms with Crippen molar-refractivity contribution in [2.24, 2.45) is 0 Å². The van der Waals surface area contributed by atoms with Crippen LogP contribution in [0.5, 0.6) is 0 Å². The van der Waals surface area contributed by atoms with Gasteiger partial charge < -0.3 is 9.47 Å². The number of fused-ring (bicyclic) bond motifs is 5. The fraction of sp³-hybridized carbons (Fsp3) is 0.464. The largest absolute Gasteiger partial charge is 0.310 e. The van der Waals surface area contributed by atoms with Gasteiger partial charge in [0.2, 0.25) is 0 Å². The van der Waals surface area contributed by atoms with Gasteiger partial charge in [-0.15, -0.1) is 0 Å². The number of rotatable bonds is 4. The van der Waals surface area contributed by atoms with E-state index in [-0.39, 0.29) is 32.5 Å². The van der Waals surface area contributed by atoms with Crippen LogP contribution in [0, 0.1) is 20.8 Å². The molecule has 0 N–H and O–H groups in total. The number of aryl methyl sites for hydroxylation is 3. The van der Waals surface area contributed by atoms with E-state index in [0.717, 1.165) is 6.42 Å². The number of nitrogens with zero attached hydrogens (tertiary/aromatic N) is 2. The first-order chi connectivity index (χ1) is 27.1. The Bertz CT molecular complexity index is 2630. The molecule has 0 atom stereocenters. The van der Waals surface area contributed by atoms with Crippen LogP contribution in [0.25, 0.3) is 27.5 Å². The Morgan fingerprint density at radius 2 is 1.05 bits per heavy atom. The van der Waals surface area contributed by atoms with Crippen LogP contribution in [0.1, 0.15) is 166 Å². The third kappa shape index (κ3) is 6.69. The summed E-state index contributed by atoms with van der Waals surface area (Å²) in [4.78, 5) is 2.64. The first-order valence-electron chi connectivity index (χ1n) is 22.4. The van der Waals surface area contributed by atoms with Crippen LogP contribution >= 0.6 is 0 Å². The second-order valence-corrected chi connectivity index (χ2v) is 23.7. The maximum absolute atomic E-state index is 2.67. The fourth-order valence-corrected chi connectivity index (χ4v) is 11.1. The highest BCUT2D eigenvalue weighted by molar-refractivity contribution is 6.36. The Balaban J connectivity index is 1.58. The molecule has 0 fully saturated rings. The predicted molar refractivity (Wildman–Crippen MR) is 261 cm³/mol. The Hall–Kier alpha value is -4.24. The lowest BCUT2D eigenvalue weighted by Crippen LogP contribution is -2.33. The summed E-state index contributed by atoms with van der Waals surface area (Å²) in [5.41, 5.74) is 21.9. The Labute approximate surface area is 358 Å². The lowest BCUT2D eigenvalue weighted by Gasteiger charge is -2.42. The van der Waals surface area contributed by atoms with E-state index in [9.17, 15) is 0 Å². The molecule has 6 aromatic rings. The molecule has 308 valence electrons. The molecule has 1 aromatic heterocycles. The van der Waals surface area contributed by atoms with E-state index >= 15 is 0 Å². The molecule has 0 amide bonds. The number of benzene rings is 5. The monoisotopic (exact) mass is 783 g/mol. The zero-order valence-corrected chi connectivity index (χ0v) is 39.9. The fourth-order valence-electron chi connectivity index (χ4n) is 11.1. The second-order valence-electron chi connectivity index (χ2n) is 23.7. The van der Waals surface area contributed by atoms with E-state index in [0.29, 0.717) is 0 Å². The van der Waals surface area contributed by atoms with Crippen molar-refractivity contribution >= 4 is 52.2 Å². The minimum atomic E-state index is -0.000734. The first-order valence-corrected chi connectivity index (χ1v) is 22.4. The van der Waals surface area contributed by atoms with Crippen molar-refractivity contribution in [2.45, 2.75) is 169 Å². The molecule has 0 radical (unpaired) electrons. The van der Waals surface area contributed by atoms with Gasteiger partial charge in [0.1, 0.15) is 7.85 Å². The average molecular weight is 783 g/mol. The van der Waals surface area contributed by atoms with Gasteiger partial charge in [0.25, 0.3) is 0 Å². The molecule has 59 heavy (non-hydrogen) atoms. The molecule has 2 aliphatic carbocycles. The van der Waals surface area contributed by atoms with Crippen LogP contribution in [0.2, 0.25) is 0 Å². The van der Waals surface area contributed by atoms with Gasteiger partial charge in [-0.1, -0.05) is 133 Å². The van der Waals surface area contributed by atoms with E-state index in [4.69, 9.17) is 0 Å². The van der Waals surface area contributed by atoms with E-state index in [1.165, 1.54) is 113 Å². The standard InChI is InChI=1S/C56H71BN2/c1-33-24-48-50(49(25-33)59(44-27-36(51(4,5)6)19-18-34(44)2)47-28-37(52(7,8)9)20-21-43(47)57)38-29-40-41(54(12,13)23-22-53(40,10)11)31-46(38)58(48)45-30-42-39(26-35(45)3)55(14,15)32-56(42,16)17/h18-21,24-31H,22-23,32,57H2,1-17H3. The third-order valence-corrected chi connectivity index (χ3v) is 14.8. The summed E-state index contributed by atoms with van der Waals surface area (Å²) in [5, 5.41) is 2.67. The van der Waals surface area contributed by atoms with E-state index < -0.39 is 0 Å². The molecular weight excluding hydrogens is 711 g/mol. The predicted octanol–water partition coefficient (Wildman–Crippen LogP) is 14.3. The van der Waals surface area contributed by atoms with E-state index in [1.54, 1.807) is 0 Å². The molecule has 3 heteroatoms. The Morgan fingerprint density at radius 1 is 0.525 bits per heavy atom. The third-order valence-electron chi connectivity index (χ3n) is 14.8. The molecule has 0 unspecified atom stereocenters. The maximum atomic E-state index is 2.67. The summed E-state index contributed by atoms with van der Waals surface area (Å²) in [6, 6.07) is 29.7. The minimum absolute atomic E-state index is 0.000734. The van der Waals surface area contributed by atoms with Gasteiger partial charge in [-0.3, -0.25) is 0 Å². The highest BCUT2D eigenvalue weighted by Crippen LogP contribution is 2.54. The lowest BCUT2D eigenvalue weighted by atomic mass is 9.63. The van der Waals surface area contributed by atoms with Gasteiger partial charge in [-0.05, 0) is 165 Å². The highest BCUT2D eigenvalue weighted by atomic mass is 15.2. The van der Waals surface area contributed by atoms with Gasteiger partial charge in [-0.25, -0.2) is 0 Å². The highest BCUT2D eigenvalue weighted by Gasteiger charge is 2.43. The van der Waals surface area contributed by atoms with Crippen molar-refractivity contribution in [3.05, 3.63) is 123 Å².